The third kappa shape index (κ3) is 7.20. The molecule has 210 valence electrons. The molecule has 0 saturated heterocycles. The highest BCUT2D eigenvalue weighted by atomic mass is 16.7. The highest BCUT2D eigenvalue weighted by Gasteiger charge is 2.20. The second-order valence-electron chi connectivity index (χ2n) is 10.9. The molecule has 8 nitrogen and oxygen atoms in total. The molecule has 4 rings (SSSR count). The minimum atomic E-state index is -0.737. The lowest BCUT2D eigenvalue weighted by molar-refractivity contribution is 0.0207. The number of aromatic nitrogens is 2. The van der Waals surface area contributed by atoms with Crippen molar-refractivity contribution < 1.29 is 23.8 Å². The number of hydrogen-bond acceptors (Lipinski definition) is 6. The van der Waals surface area contributed by atoms with E-state index in [-0.39, 0.29) is 0 Å². The summed E-state index contributed by atoms with van der Waals surface area (Å²) >= 11 is 0. The quantitative estimate of drug-likeness (QED) is 0.169. The van der Waals surface area contributed by atoms with Crippen LogP contribution in [0, 0.1) is 0 Å². The molecule has 1 aromatic heterocycles. The summed E-state index contributed by atoms with van der Waals surface area (Å²) in [7, 11) is 3.30. The number of para-hydroxylation sites is 1. The van der Waals surface area contributed by atoms with E-state index in [2.05, 4.69) is 23.6 Å². The van der Waals surface area contributed by atoms with Crippen LogP contribution in [0.1, 0.15) is 51.9 Å². The molecule has 3 aromatic carbocycles. The van der Waals surface area contributed by atoms with Gasteiger partial charge in [0, 0.05) is 38.7 Å². The summed E-state index contributed by atoms with van der Waals surface area (Å²) in [4.78, 5) is 30.7. The number of ether oxygens (including phenoxy) is 3. The fourth-order valence-electron chi connectivity index (χ4n) is 4.24. The molecule has 0 bridgehead atoms. The number of hydrogen-bond donors (Lipinski definition) is 0. The maximum atomic E-state index is 12.3. The van der Waals surface area contributed by atoms with E-state index in [1.54, 1.807) is 47.0 Å². The Morgan fingerprint density at radius 2 is 1.68 bits per heavy atom. The standard InChI is InChI=1S/C32H37N3O5/c1-7-8-13-29-33-26-19-18-24(38-30(36)34(5)6)20-27(26)35(29)21-22-14-16-23(17-15-22)25-11-9-10-12-28(25)39-31(37)40-32(2,3)4/h9-12,14-20H,7-8,13,21H2,1-6H3. The minimum absolute atomic E-state index is 0.428. The molecule has 4 aromatic rings. The van der Waals surface area contributed by atoms with Gasteiger partial charge in [-0.1, -0.05) is 55.8 Å². The molecule has 0 aliphatic heterocycles. The van der Waals surface area contributed by atoms with Gasteiger partial charge in [-0.2, -0.15) is 0 Å². The van der Waals surface area contributed by atoms with Crippen molar-refractivity contribution in [2.75, 3.05) is 14.1 Å². The van der Waals surface area contributed by atoms with Crippen molar-refractivity contribution in [1.29, 1.82) is 0 Å². The number of aryl methyl sites for hydroxylation is 1. The Morgan fingerprint density at radius 1 is 0.950 bits per heavy atom. The maximum absolute atomic E-state index is 12.3. The summed E-state index contributed by atoms with van der Waals surface area (Å²) < 4.78 is 18.6. The van der Waals surface area contributed by atoms with Crippen molar-refractivity contribution in [2.24, 2.45) is 0 Å². The molecular formula is C32H37N3O5. The number of benzene rings is 3. The van der Waals surface area contributed by atoms with Crippen LogP contribution in [0.25, 0.3) is 22.2 Å². The third-order valence-corrected chi connectivity index (χ3v) is 6.20. The molecule has 0 fully saturated rings. The van der Waals surface area contributed by atoms with Gasteiger partial charge in [0.15, 0.2) is 0 Å². The fourth-order valence-corrected chi connectivity index (χ4v) is 4.24. The number of fused-ring (bicyclic) bond motifs is 1. The van der Waals surface area contributed by atoms with E-state index in [1.165, 1.54) is 4.90 Å². The van der Waals surface area contributed by atoms with Crippen LogP contribution >= 0.6 is 0 Å². The molecule has 0 spiro atoms. The first-order valence-electron chi connectivity index (χ1n) is 13.5. The summed E-state index contributed by atoms with van der Waals surface area (Å²) in [5, 5.41) is 0. The second-order valence-corrected chi connectivity index (χ2v) is 10.9. The first-order valence-corrected chi connectivity index (χ1v) is 13.5. The molecule has 0 aliphatic carbocycles. The number of amides is 1. The van der Waals surface area contributed by atoms with E-state index < -0.39 is 17.8 Å². The normalized spacial score (nSPS) is 11.3. The molecule has 1 amide bonds. The summed E-state index contributed by atoms with van der Waals surface area (Å²) in [5.41, 5.74) is 3.93. The number of rotatable bonds is 8. The monoisotopic (exact) mass is 543 g/mol. The lowest BCUT2D eigenvalue weighted by Gasteiger charge is -2.19. The van der Waals surface area contributed by atoms with Gasteiger partial charge in [-0.15, -0.1) is 0 Å². The predicted octanol–water partition coefficient (Wildman–Crippen LogP) is 7.47. The molecule has 0 N–H and O–H groups in total. The summed E-state index contributed by atoms with van der Waals surface area (Å²) in [5.74, 6) is 1.91. The van der Waals surface area contributed by atoms with Crippen molar-refractivity contribution in [3.8, 4) is 22.6 Å². The Bertz CT molecular complexity index is 1480. The zero-order valence-corrected chi connectivity index (χ0v) is 24.1. The Kier molecular flexibility index (Phi) is 8.77. The third-order valence-electron chi connectivity index (χ3n) is 6.20. The summed E-state index contributed by atoms with van der Waals surface area (Å²) in [6, 6.07) is 21.1. The Hall–Kier alpha value is -4.33. The van der Waals surface area contributed by atoms with Gasteiger partial charge in [0.2, 0.25) is 0 Å². The molecule has 0 radical (unpaired) electrons. The van der Waals surface area contributed by atoms with Crippen molar-refractivity contribution in [1.82, 2.24) is 14.5 Å². The van der Waals surface area contributed by atoms with Gasteiger partial charge in [-0.05, 0) is 56.5 Å². The van der Waals surface area contributed by atoms with Crippen LogP contribution in [-0.2, 0) is 17.7 Å². The van der Waals surface area contributed by atoms with E-state index in [9.17, 15) is 9.59 Å². The van der Waals surface area contributed by atoms with E-state index in [1.807, 2.05) is 42.5 Å². The number of carbonyl (C=O) groups excluding carboxylic acids is 2. The van der Waals surface area contributed by atoms with E-state index in [4.69, 9.17) is 19.2 Å². The van der Waals surface area contributed by atoms with Gasteiger partial charge >= 0.3 is 12.2 Å². The van der Waals surface area contributed by atoms with E-state index in [0.29, 0.717) is 18.0 Å². The topological polar surface area (TPSA) is 82.9 Å². The van der Waals surface area contributed by atoms with Crippen LogP contribution in [0.2, 0.25) is 0 Å². The van der Waals surface area contributed by atoms with Gasteiger partial charge in [0.1, 0.15) is 22.9 Å². The Balaban J connectivity index is 1.61. The van der Waals surface area contributed by atoms with Gasteiger partial charge < -0.3 is 23.7 Å². The van der Waals surface area contributed by atoms with Gasteiger partial charge in [0.05, 0.1) is 11.0 Å². The average molecular weight is 544 g/mol. The van der Waals surface area contributed by atoms with Gasteiger partial charge in [0.25, 0.3) is 0 Å². The SMILES string of the molecule is CCCCc1nc2ccc(OC(=O)N(C)C)cc2n1Cc1ccc(-c2ccccc2OC(=O)OC(C)(C)C)cc1. The Labute approximate surface area is 235 Å². The van der Waals surface area contributed by atoms with Crippen LogP contribution in [-0.4, -0.2) is 46.4 Å². The fraction of sp³-hybridized carbons (Fsp3) is 0.344. The molecule has 40 heavy (non-hydrogen) atoms. The lowest BCUT2D eigenvalue weighted by Crippen LogP contribution is -2.26. The van der Waals surface area contributed by atoms with E-state index >= 15 is 0 Å². The number of unbranched alkanes of at least 4 members (excludes halogenated alkanes) is 1. The van der Waals surface area contributed by atoms with Crippen LogP contribution < -0.4 is 9.47 Å². The first kappa shape index (κ1) is 28.7. The number of nitrogens with zero attached hydrogens (tertiary/aromatic N) is 3. The Morgan fingerprint density at radius 3 is 2.35 bits per heavy atom. The van der Waals surface area contributed by atoms with Crippen LogP contribution in [0.15, 0.2) is 66.7 Å². The molecule has 1 heterocycles. The molecular weight excluding hydrogens is 506 g/mol. The van der Waals surface area contributed by atoms with Crippen molar-refractivity contribution >= 4 is 23.3 Å². The molecule has 8 heteroatoms. The maximum Gasteiger partial charge on any atom is 0.514 e. The number of imidazole rings is 1. The van der Waals surface area contributed by atoms with Crippen molar-refractivity contribution in [3.63, 3.8) is 0 Å². The molecule has 0 atom stereocenters. The van der Waals surface area contributed by atoms with Crippen LogP contribution in [0.4, 0.5) is 9.59 Å². The predicted molar refractivity (Wildman–Crippen MR) is 156 cm³/mol. The molecule has 0 saturated carbocycles. The minimum Gasteiger partial charge on any atom is -0.428 e. The number of carbonyl (C=O) groups is 2. The summed E-state index contributed by atoms with van der Waals surface area (Å²) in [6.45, 7) is 8.17. The van der Waals surface area contributed by atoms with Gasteiger partial charge in [-0.25, -0.2) is 14.6 Å². The highest BCUT2D eigenvalue weighted by Crippen LogP contribution is 2.31. The highest BCUT2D eigenvalue weighted by molar-refractivity contribution is 5.80. The van der Waals surface area contributed by atoms with E-state index in [0.717, 1.165) is 52.8 Å². The first-order chi connectivity index (χ1) is 19.0. The largest absolute Gasteiger partial charge is 0.514 e. The average Bonchev–Trinajstić information content (AvgIpc) is 3.23. The van der Waals surface area contributed by atoms with Crippen molar-refractivity contribution in [3.05, 3.63) is 78.1 Å². The van der Waals surface area contributed by atoms with Crippen molar-refractivity contribution in [2.45, 2.75) is 59.1 Å². The summed E-state index contributed by atoms with van der Waals surface area (Å²) in [6.07, 6.45) is 1.78. The smallest absolute Gasteiger partial charge is 0.428 e. The zero-order valence-electron chi connectivity index (χ0n) is 24.1. The lowest BCUT2D eigenvalue weighted by atomic mass is 10.0. The van der Waals surface area contributed by atoms with Crippen LogP contribution in [0.3, 0.4) is 0 Å². The zero-order chi connectivity index (χ0) is 28.9. The van der Waals surface area contributed by atoms with Gasteiger partial charge in [-0.3, -0.25) is 0 Å². The second kappa shape index (κ2) is 12.2. The molecule has 0 aliphatic rings. The molecule has 0 unspecified atom stereocenters. The van der Waals surface area contributed by atoms with Crippen LogP contribution in [0.5, 0.6) is 11.5 Å².